The topological polar surface area (TPSA) is 569 Å². The Hall–Kier alpha value is -15.6. The van der Waals surface area contributed by atoms with E-state index in [1.807, 2.05) is 140 Å². The zero-order valence-corrected chi connectivity index (χ0v) is 72.1. The minimum absolute atomic E-state index is 0. The van der Waals surface area contributed by atoms with Crippen molar-refractivity contribution in [3.05, 3.63) is 237 Å². The summed E-state index contributed by atoms with van der Waals surface area (Å²) in [7, 11) is 3.34. The molecule has 0 aliphatic heterocycles. The van der Waals surface area contributed by atoms with Crippen LogP contribution in [0.25, 0.3) is 55.2 Å². The molecule has 18 heterocycles. The van der Waals surface area contributed by atoms with Crippen molar-refractivity contribution in [1.82, 2.24) is 138 Å². The van der Waals surface area contributed by atoms with Crippen LogP contribution in [0.3, 0.4) is 0 Å². The summed E-state index contributed by atoms with van der Waals surface area (Å²) in [4.78, 5) is 87.1. The Morgan fingerprint density at radius 2 is 0.833 bits per heavy atom. The lowest BCUT2D eigenvalue weighted by atomic mass is 10.2. The molecule has 0 bridgehead atoms. The maximum Gasteiger partial charge on any atom is 0.223 e. The van der Waals surface area contributed by atoms with Gasteiger partial charge in [-0.2, -0.15) is 53.4 Å². The molecule has 1 atom stereocenters. The van der Waals surface area contributed by atoms with Gasteiger partial charge in [0.15, 0.2) is 46.6 Å². The third-order valence-electron chi connectivity index (χ3n) is 18.4. The molecule has 0 fully saturated rings. The van der Waals surface area contributed by atoms with Crippen LogP contribution >= 0.6 is 36.2 Å². The lowest BCUT2D eigenvalue weighted by Crippen LogP contribution is -2.22. The summed E-state index contributed by atoms with van der Waals surface area (Å²) in [5, 5.41) is 32.1. The van der Waals surface area contributed by atoms with E-state index in [9.17, 15) is 0 Å². The number of nitrogens with one attached hydrogen (secondary N) is 5. The number of benzene rings is 1. The standard InChI is InChI=1S/C18H19N7O2.C17H17N7S.2C15H15N9O.C15H20N6OS.H2S/c1-11-21-15(24-27-11)9-20-17-16-13(22-18(19)23-17)7-8-25(16)10-12-5-3-4-6-14(12)26-2;1-11-8-20-14(25-11)9-21-16-15-13(22-17(18)23-16)5-7-24(15)10-12-4-2-3-6-19-12;1-9-20-12(23-25-9)7-19-14-13-11(21-15(16)22-14)2-5-24(13)8-10-6-17-3-4-18-10;1-9-20-11(23-25-9)7-19-14-13-10(21-15(16)22-14)3-6-24(13)8-12-17-4-2-5-18-12;1-9(7-22-3)17-14-13-12(19-15(16)20-14)4-5-21(13)6-11-8-23-10(2)18-11;/h3-8H,9-10H2,1-2H3,(H3,19,20,22,23);2-8H,9-10H2,1H3,(H3,18,21,22,23);2*2-6H,7-8H2,1H3,(H3,16,19,21,22);4-5,8-9H,6-7H2,1-3H3,(H3,16,17,19,20);1H2/t;;;;9-;/m....0./s1. The average Bonchev–Trinajstić information content (AvgIpc) is 1.66. The van der Waals surface area contributed by atoms with Crippen molar-refractivity contribution in [1.29, 1.82) is 0 Å². The summed E-state index contributed by atoms with van der Waals surface area (Å²) < 4.78 is 35.7. The van der Waals surface area contributed by atoms with Gasteiger partial charge in [0, 0.05) is 118 Å². The first-order valence-electron chi connectivity index (χ1n) is 38.8. The fourth-order valence-corrected chi connectivity index (χ4v) is 14.6. The summed E-state index contributed by atoms with van der Waals surface area (Å²) in [5.74, 6) is 8.96. The molecular formula is C80H88N38O5S3. The second-order valence-corrected chi connectivity index (χ2v) is 30.2. The third-order valence-corrected chi connectivity index (χ3v) is 20.2. The number of nitrogens with two attached hydrogens (primary N) is 5. The molecule has 15 N–H and O–H groups in total. The lowest BCUT2D eigenvalue weighted by molar-refractivity contribution is 0.190. The number of thiazole rings is 2. The minimum atomic E-state index is 0. The van der Waals surface area contributed by atoms with Crippen molar-refractivity contribution < 1.29 is 23.0 Å². The van der Waals surface area contributed by atoms with E-state index in [1.165, 1.54) is 4.88 Å². The van der Waals surface area contributed by atoms with Crippen molar-refractivity contribution in [2.45, 2.75) is 106 Å². The van der Waals surface area contributed by atoms with Crippen molar-refractivity contribution in [2.24, 2.45) is 0 Å². The van der Waals surface area contributed by atoms with Crippen LogP contribution in [0.5, 0.6) is 5.75 Å². The molecule has 19 aromatic rings. The highest BCUT2D eigenvalue weighted by Gasteiger charge is 2.21. The fourth-order valence-electron chi connectivity index (χ4n) is 13.3. The number of para-hydroxylation sites is 1. The van der Waals surface area contributed by atoms with Crippen LogP contribution in [0.1, 0.15) is 85.4 Å². The van der Waals surface area contributed by atoms with E-state index in [0.717, 1.165) is 93.6 Å². The average molecular weight is 1760 g/mol. The number of hydrogen-bond donors (Lipinski definition) is 10. The lowest BCUT2D eigenvalue weighted by Gasteiger charge is -2.15. The van der Waals surface area contributed by atoms with Gasteiger partial charge in [-0.15, -0.1) is 22.7 Å². The van der Waals surface area contributed by atoms with Gasteiger partial charge < -0.3 is 101 Å². The summed E-state index contributed by atoms with van der Waals surface area (Å²) in [6.07, 6.45) is 21.8. The van der Waals surface area contributed by atoms with Gasteiger partial charge in [-0.25, -0.2) is 44.9 Å². The van der Waals surface area contributed by atoms with Crippen LogP contribution in [-0.2, 0) is 63.6 Å². The van der Waals surface area contributed by atoms with E-state index in [-0.39, 0.29) is 49.3 Å². The van der Waals surface area contributed by atoms with Gasteiger partial charge in [0.05, 0.1) is 128 Å². The first-order valence-corrected chi connectivity index (χ1v) is 40.5. The predicted octanol–water partition coefficient (Wildman–Crippen LogP) is 9.90. The molecule has 46 heteroatoms. The molecule has 0 amide bonds. The molecule has 1 aromatic carbocycles. The number of nitrogens with zero attached hydrogens (tertiary/aromatic N) is 28. The molecule has 43 nitrogen and oxygen atoms in total. The molecule has 18 aromatic heterocycles. The van der Waals surface area contributed by atoms with Gasteiger partial charge in [-0.3, -0.25) is 15.0 Å². The minimum Gasteiger partial charge on any atom is -0.496 e. The van der Waals surface area contributed by atoms with E-state index in [4.69, 9.17) is 51.7 Å². The van der Waals surface area contributed by atoms with Crippen LogP contribution in [-0.4, -0.2) is 165 Å². The van der Waals surface area contributed by atoms with E-state index < -0.39 is 0 Å². The van der Waals surface area contributed by atoms with Gasteiger partial charge in [0.2, 0.25) is 47.4 Å². The summed E-state index contributed by atoms with van der Waals surface area (Å²) in [6, 6.07) is 25.2. The Morgan fingerprint density at radius 1 is 0.405 bits per heavy atom. The second-order valence-electron chi connectivity index (χ2n) is 27.9. The number of fused-ring (bicyclic) bond motifs is 5. The van der Waals surface area contributed by atoms with Crippen LogP contribution in [0.2, 0.25) is 0 Å². The van der Waals surface area contributed by atoms with Gasteiger partial charge >= 0.3 is 0 Å². The number of ether oxygens (including phenoxy) is 2. The number of hydrogen-bond acceptors (Lipinski definition) is 40. The Balaban J connectivity index is 0.000000128. The Bertz CT molecular complexity index is 6410. The van der Waals surface area contributed by atoms with E-state index in [0.29, 0.717) is 136 Å². The highest BCUT2D eigenvalue weighted by molar-refractivity contribution is 7.59. The number of rotatable bonds is 27. The largest absolute Gasteiger partial charge is 0.496 e. The monoisotopic (exact) mass is 1760 g/mol. The molecule has 0 saturated heterocycles. The smallest absolute Gasteiger partial charge is 0.223 e. The Morgan fingerprint density at radius 3 is 1.25 bits per heavy atom. The number of aromatic nitrogens is 28. The molecule has 19 rings (SSSR count). The normalized spacial score (nSPS) is 11.3. The second kappa shape index (κ2) is 40.4. The summed E-state index contributed by atoms with van der Waals surface area (Å²) >= 11 is 3.31. The molecule has 0 aliphatic carbocycles. The number of anilines is 10. The van der Waals surface area contributed by atoms with Crippen LogP contribution < -0.4 is 60.0 Å². The van der Waals surface area contributed by atoms with Crippen LogP contribution in [0.4, 0.5) is 58.8 Å². The molecule has 0 unspecified atom stereocenters. The van der Waals surface area contributed by atoms with Crippen LogP contribution in [0.15, 0.2) is 172 Å². The zero-order chi connectivity index (χ0) is 86.9. The van der Waals surface area contributed by atoms with Crippen molar-refractivity contribution >= 4 is 150 Å². The molecular weight excluding hydrogens is 1670 g/mol. The number of aryl methyl sites for hydroxylation is 5. The molecule has 0 aliphatic rings. The Labute approximate surface area is 732 Å². The fraction of sp³-hybridized carbons (Fsp3) is 0.237. The van der Waals surface area contributed by atoms with Crippen LogP contribution in [0, 0.1) is 34.6 Å². The van der Waals surface area contributed by atoms with Crippen molar-refractivity contribution in [3.63, 3.8) is 0 Å². The molecule has 0 saturated carbocycles. The maximum atomic E-state index is 5.86. The molecule has 0 radical (unpaired) electrons. The first-order chi connectivity index (χ1) is 60.8. The van der Waals surface area contributed by atoms with E-state index in [2.05, 4.69) is 161 Å². The highest BCUT2D eigenvalue weighted by atomic mass is 32.1. The molecule has 0 spiro atoms. The Kier molecular flexibility index (Phi) is 27.8. The third kappa shape index (κ3) is 22.0. The molecule has 126 heavy (non-hydrogen) atoms. The predicted molar refractivity (Wildman–Crippen MR) is 482 cm³/mol. The number of methoxy groups -OCH3 is 2. The number of pyridine rings is 1. The summed E-state index contributed by atoms with van der Waals surface area (Å²) in [5.41, 5.74) is 41.2. The van der Waals surface area contributed by atoms with Gasteiger partial charge in [-0.1, -0.05) is 39.7 Å². The van der Waals surface area contributed by atoms with Gasteiger partial charge in [-0.05, 0) is 75.4 Å². The number of nitrogen functional groups attached to an aromatic ring is 5. The summed E-state index contributed by atoms with van der Waals surface area (Å²) in [6.45, 7) is 16.5. The zero-order valence-electron chi connectivity index (χ0n) is 69.4. The highest BCUT2D eigenvalue weighted by Crippen LogP contribution is 2.31. The van der Waals surface area contributed by atoms with Gasteiger partial charge in [0.25, 0.3) is 0 Å². The molecule has 646 valence electrons. The SMILES string of the molecule is COC[C@H](C)Nc1nc(N)nc2ccn(Cc3csc(C)n3)c12.COc1ccccc1Cn1ccc2nc(N)nc(NCc3noc(C)n3)c21.Cc1cnc(CNc2nc(N)nc3ccn(Cc4ccccn4)c23)s1.Cc1nc(CNc2nc(N)nc3ccn(Cc4cnccn4)c23)no1.Cc1nc(CNc2nc(N)nc3ccn(Cc4ncccn4)c23)no1.S. The maximum absolute atomic E-state index is 5.86. The first kappa shape index (κ1) is 86.8. The van der Waals surface area contributed by atoms with Crippen molar-refractivity contribution in [2.75, 3.05) is 76.1 Å². The van der Waals surface area contributed by atoms with Gasteiger partial charge in [0.1, 0.15) is 44.2 Å². The van der Waals surface area contributed by atoms with E-state index in [1.54, 1.807) is 101 Å². The quantitative estimate of drug-likeness (QED) is 0.0229. The van der Waals surface area contributed by atoms with E-state index >= 15 is 0 Å². The van der Waals surface area contributed by atoms with Crippen molar-refractivity contribution in [3.8, 4) is 5.75 Å².